The molecule has 0 spiro atoms. The van der Waals surface area contributed by atoms with Crippen molar-refractivity contribution >= 4 is 71.6 Å². The molecule has 10 nitrogen and oxygen atoms in total. The van der Waals surface area contributed by atoms with Crippen LogP contribution in [0.2, 0.25) is 10.0 Å². The van der Waals surface area contributed by atoms with E-state index in [0.717, 1.165) is 65.4 Å². The number of hydrogen-bond acceptors (Lipinski definition) is 9. The van der Waals surface area contributed by atoms with Crippen LogP contribution in [0.5, 0.6) is 0 Å². The van der Waals surface area contributed by atoms with Crippen LogP contribution in [-0.4, -0.2) is 43.8 Å². The first kappa shape index (κ1) is 30.9. The molecule has 0 unspecified atom stereocenters. The Bertz CT molecular complexity index is 1990. The monoisotopic (exact) mass is 697 g/mol. The van der Waals surface area contributed by atoms with E-state index in [2.05, 4.69) is 15.4 Å². The van der Waals surface area contributed by atoms with Crippen LogP contribution in [-0.2, 0) is 21.4 Å². The fourth-order valence-electron chi connectivity index (χ4n) is 5.53. The summed E-state index contributed by atoms with van der Waals surface area (Å²) in [6.07, 6.45) is 3.85. The van der Waals surface area contributed by atoms with Gasteiger partial charge in [-0.05, 0) is 68.1 Å². The molecule has 238 valence electrons. The first-order valence-electron chi connectivity index (χ1n) is 14.8. The lowest BCUT2D eigenvalue weighted by Gasteiger charge is -2.31. The highest BCUT2D eigenvalue weighted by molar-refractivity contribution is 7.90. The van der Waals surface area contributed by atoms with Gasteiger partial charge in [0.15, 0.2) is 5.13 Å². The van der Waals surface area contributed by atoms with Crippen molar-refractivity contribution in [3.05, 3.63) is 88.1 Å². The number of nitrogens with zero attached hydrogens (tertiary/aromatic N) is 3. The smallest absolute Gasteiger partial charge is 0.333 e. The quantitative estimate of drug-likeness (QED) is 0.160. The second-order valence-corrected chi connectivity index (χ2v) is 14.8. The molecule has 3 heterocycles. The Hall–Kier alpha value is -3.68. The third-order valence-corrected chi connectivity index (χ3v) is 11.1. The number of ether oxygens (including phenoxy) is 1. The van der Waals surface area contributed by atoms with Gasteiger partial charge in [-0.1, -0.05) is 64.0 Å². The summed E-state index contributed by atoms with van der Waals surface area (Å²) in [5.41, 5.74) is 3.50. The molecule has 1 aliphatic heterocycles. The lowest BCUT2D eigenvalue weighted by molar-refractivity contribution is 0.0246. The highest BCUT2D eigenvalue weighted by atomic mass is 35.5. The van der Waals surface area contributed by atoms with Gasteiger partial charge in [0, 0.05) is 35.8 Å². The molecule has 7 rings (SSSR count). The summed E-state index contributed by atoms with van der Waals surface area (Å²) in [6, 6.07) is 17.6. The van der Waals surface area contributed by atoms with Crippen LogP contribution in [0.15, 0.2) is 76.1 Å². The minimum absolute atomic E-state index is 0.00938. The van der Waals surface area contributed by atoms with Crippen molar-refractivity contribution < 1.29 is 22.5 Å². The van der Waals surface area contributed by atoms with E-state index in [0.29, 0.717) is 39.5 Å². The number of hydrogen-bond donors (Lipinski definition) is 2. The van der Waals surface area contributed by atoms with Gasteiger partial charge in [0.05, 0.1) is 37.9 Å². The van der Waals surface area contributed by atoms with E-state index in [1.165, 1.54) is 23.5 Å². The van der Waals surface area contributed by atoms with Crippen LogP contribution in [0, 0.1) is 0 Å². The summed E-state index contributed by atoms with van der Waals surface area (Å²) in [5, 5.41) is 8.90. The molecule has 2 amide bonds. The highest BCUT2D eigenvalue weighted by Gasteiger charge is 2.34. The minimum atomic E-state index is -3.98. The number of halogens is 2. The van der Waals surface area contributed by atoms with Gasteiger partial charge in [-0.15, -0.1) is 0 Å². The van der Waals surface area contributed by atoms with Crippen LogP contribution in [0.1, 0.15) is 42.9 Å². The number of anilines is 2. The molecule has 0 bridgehead atoms. The molecule has 2 aromatic heterocycles. The highest BCUT2D eigenvalue weighted by Crippen LogP contribution is 2.46. The molecule has 46 heavy (non-hydrogen) atoms. The molecule has 0 atom stereocenters. The number of sulfonamides is 1. The molecule has 1 saturated carbocycles. The SMILES string of the molecule is O=C(Nc1ccc2nc(N3CCC(OCc4c(-c5c(Cl)cccc5Cl)noc4C4CC4)CC3)sc2c1)NS(=O)(=O)c1ccccc1. The molecular weight excluding hydrogens is 669 g/mol. The maximum absolute atomic E-state index is 12.5. The van der Waals surface area contributed by atoms with E-state index < -0.39 is 16.1 Å². The number of benzene rings is 3. The lowest BCUT2D eigenvalue weighted by atomic mass is 10.0. The lowest BCUT2D eigenvalue weighted by Crippen LogP contribution is -2.36. The van der Waals surface area contributed by atoms with Crippen LogP contribution in [0.4, 0.5) is 15.6 Å². The van der Waals surface area contributed by atoms with Crippen LogP contribution in [0.25, 0.3) is 21.5 Å². The van der Waals surface area contributed by atoms with Gasteiger partial charge < -0.3 is 19.5 Å². The van der Waals surface area contributed by atoms with Gasteiger partial charge >= 0.3 is 6.03 Å². The van der Waals surface area contributed by atoms with Crippen molar-refractivity contribution in [3.8, 4) is 11.3 Å². The zero-order valence-corrected chi connectivity index (χ0v) is 27.6. The maximum atomic E-state index is 12.5. The van der Waals surface area contributed by atoms with Gasteiger partial charge in [-0.25, -0.2) is 22.9 Å². The van der Waals surface area contributed by atoms with Gasteiger partial charge in [-0.2, -0.15) is 0 Å². The summed E-state index contributed by atoms with van der Waals surface area (Å²) >= 11 is 14.5. The third-order valence-electron chi connectivity index (χ3n) is 8.06. The van der Waals surface area contributed by atoms with E-state index in [-0.39, 0.29) is 11.0 Å². The third kappa shape index (κ3) is 6.58. The maximum Gasteiger partial charge on any atom is 0.333 e. The predicted octanol–water partition coefficient (Wildman–Crippen LogP) is 7.83. The fourth-order valence-corrected chi connectivity index (χ4v) is 8.09. The van der Waals surface area contributed by atoms with Crippen molar-refractivity contribution in [3.63, 3.8) is 0 Å². The van der Waals surface area contributed by atoms with E-state index in [9.17, 15) is 13.2 Å². The normalized spacial score (nSPS) is 15.7. The Kier molecular flexibility index (Phi) is 8.64. The first-order chi connectivity index (χ1) is 22.2. The van der Waals surface area contributed by atoms with Crippen LogP contribution >= 0.6 is 34.5 Å². The predicted molar refractivity (Wildman–Crippen MR) is 179 cm³/mol. The second kappa shape index (κ2) is 12.8. The number of aromatic nitrogens is 2. The van der Waals surface area contributed by atoms with Crippen molar-refractivity contribution in [1.29, 1.82) is 0 Å². The molecule has 1 aliphatic carbocycles. The molecule has 2 fully saturated rings. The number of carbonyl (C=O) groups excluding carboxylic acids is 1. The minimum Gasteiger partial charge on any atom is -0.373 e. The molecule has 5 aromatic rings. The number of rotatable bonds is 9. The number of thiazole rings is 1. The van der Waals surface area contributed by atoms with Gasteiger partial charge in [0.25, 0.3) is 10.0 Å². The fraction of sp³-hybridized carbons (Fsp3) is 0.281. The van der Waals surface area contributed by atoms with E-state index in [1.54, 1.807) is 42.5 Å². The Labute approximate surface area is 279 Å². The number of amides is 2. The molecule has 2 aliphatic rings. The molecule has 2 N–H and O–H groups in total. The van der Waals surface area contributed by atoms with Gasteiger partial charge in [0.2, 0.25) is 0 Å². The Morgan fingerprint density at radius 1 is 1.00 bits per heavy atom. The summed E-state index contributed by atoms with van der Waals surface area (Å²) in [5.74, 6) is 1.22. The first-order valence-corrected chi connectivity index (χ1v) is 17.9. The number of carbonyl (C=O) groups is 1. The van der Waals surface area contributed by atoms with Crippen molar-refractivity contribution in [1.82, 2.24) is 14.9 Å². The second-order valence-electron chi connectivity index (χ2n) is 11.3. The molecule has 0 radical (unpaired) electrons. The van der Waals surface area contributed by atoms with E-state index in [1.807, 2.05) is 16.9 Å². The van der Waals surface area contributed by atoms with Gasteiger partial charge in [0.1, 0.15) is 11.5 Å². The summed E-state index contributed by atoms with van der Waals surface area (Å²) in [7, 11) is -3.98. The zero-order chi connectivity index (χ0) is 31.8. The molecule has 14 heteroatoms. The van der Waals surface area contributed by atoms with Crippen LogP contribution < -0.4 is 14.9 Å². The summed E-state index contributed by atoms with van der Waals surface area (Å²) < 4.78 is 40.1. The molecular formula is C32H29Cl2N5O5S2. The summed E-state index contributed by atoms with van der Waals surface area (Å²) in [4.78, 5) is 19.5. The van der Waals surface area contributed by atoms with E-state index in [4.69, 9.17) is 37.4 Å². The Morgan fingerprint density at radius 3 is 2.46 bits per heavy atom. The molecule has 1 saturated heterocycles. The Morgan fingerprint density at radius 2 is 1.74 bits per heavy atom. The largest absolute Gasteiger partial charge is 0.373 e. The van der Waals surface area contributed by atoms with Crippen LogP contribution in [0.3, 0.4) is 0 Å². The Balaban J connectivity index is 0.972. The summed E-state index contributed by atoms with van der Waals surface area (Å²) in [6.45, 7) is 1.92. The number of piperidine rings is 1. The van der Waals surface area contributed by atoms with Crippen molar-refractivity contribution in [2.24, 2.45) is 0 Å². The van der Waals surface area contributed by atoms with Crippen molar-refractivity contribution in [2.45, 2.75) is 49.2 Å². The average Bonchev–Trinajstić information content (AvgIpc) is 3.67. The number of nitrogens with one attached hydrogen (secondary N) is 2. The zero-order valence-electron chi connectivity index (χ0n) is 24.4. The average molecular weight is 699 g/mol. The standard InChI is InChI=1S/C32H29Cl2N5O5S2/c33-24-7-4-8-25(34)28(24)29-23(30(44-37-29)19-9-10-19)18-43-21-13-15-39(16-14-21)32-36-26-12-11-20(17-27(26)45-32)35-31(40)38-46(41,42)22-5-2-1-3-6-22/h1-8,11-12,17,19,21H,9-10,13-16,18H2,(H2,35,38,40). The molecule has 3 aromatic carbocycles. The van der Waals surface area contributed by atoms with E-state index >= 15 is 0 Å². The number of fused-ring (bicyclic) bond motifs is 1. The van der Waals surface area contributed by atoms with Crippen molar-refractivity contribution in [2.75, 3.05) is 23.3 Å². The number of urea groups is 1. The van der Waals surface area contributed by atoms with Gasteiger partial charge in [-0.3, -0.25) is 0 Å². The topological polar surface area (TPSA) is 127 Å².